The second-order valence-electron chi connectivity index (χ2n) is 5.81. The highest BCUT2D eigenvalue weighted by atomic mass is 15.4. The zero-order valence-electron chi connectivity index (χ0n) is 13.9. The number of aryl methyl sites for hydroxylation is 1. The molecular weight excluding hydrogens is 300 g/mol. The first-order valence-corrected chi connectivity index (χ1v) is 7.78. The molecule has 0 atom stereocenters. The van der Waals surface area contributed by atoms with E-state index < -0.39 is 0 Å². The van der Waals surface area contributed by atoms with Crippen LogP contribution in [0.5, 0.6) is 0 Å². The van der Waals surface area contributed by atoms with E-state index in [1.807, 2.05) is 50.4 Å². The second kappa shape index (κ2) is 6.74. The number of H-pyrrole nitrogens is 1. The van der Waals surface area contributed by atoms with Crippen molar-refractivity contribution in [2.45, 2.75) is 13.5 Å². The van der Waals surface area contributed by atoms with Crippen molar-refractivity contribution >= 4 is 22.3 Å². The van der Waals surface area contributed by atoms with Crippen LogP contribution >= 0.6 is 0 Å². The van der Waals surface area contributed by atoms with E-state index >= 15 is 0 Å². The van der Waals surface area contributed by atoms with E-state index in [0.717, 1.165) is 28.7 Å². The Hall–Kier alpha value is -2.83. The number of aromatic amines is 1. The summed E-state index contributed by atoms with van der Waals surface area (Å²) in [5.41, 5.74) is 11.6. The molecule has 124 valence electrons. The smallest absolute Gasteiger partial charge is 0.117 e. The predicted molar refractivity (Wildman–Crippen MR) is 98.9 cm³/mol. The number of rotatable bonds is 5. The SMILES string of the molecule is CNCc1ccc(N(N)/C=C(\N)c2n[nH]c3ccc(C)cc23)cc1. The molecule has 1 heterocycles. The number of hydrazine groups is 1. The summed E-state index contributed by atoms with van der Waals surface area (Å²) in [7, 11) is 1.92. The minimum absolute atomic E-state index is 0.508. The first-order valence-electron chi connectivity index (χ1n) is 7.78. The van der Waals surface area contributed by atoms with E-state index in [1.165, 1.54) is 10.6 Å². The maximum atomic E-state index is 6.22. The maximum absolute atomic E-state index is 6.22. The Bertz CT molecular complexity index is 863. The second-order valence-corrected chi connectivity index (χ2v) is 5.81. The largest absolute Gasteiger partial charge is 0.396 e. The van der Waals surface area contributed by atoms with Crippen molar-refractivity contribution in [1.82, 2.24) is 15.5 Å². The van der Waals surface area contributed by atoms with E-state index in [9.17, 15) is 0 Å². The standard InChI is InChI=1S/C18H22N6/c1-12-3-8-17-15(9-12)18(23-22-17)16(19)11-24(20)14-6-4-13(5-7-14)10-21-2/h3-9,11,21H,10,19-20H2,1-2H3,(H,22,23)/b16-11-. The summed E-state index contributed by atoms with van der Waals surface area (Å²) >= 11 is 0. The zero-order chi connectivity index (χ0) is 17.1. The van der Waals surface area contributed by atoms with Crippen molar-refractivity contribution in [3.63, 3.8) is 0 Å². The number of aromatic nitrogens is 2. The van der Waals surface area contributed by atoms with Gasteiger partial charge in [-0.3, -0.25) is 10.1 Å². The summed E-state index contributed by atoms with van der Waals surface area (Å²) in [6.07, 6.45) is 1.69. The molecule has 0 unspecified atom stereocenters. The summed E-state index contributed by atoms with van der Waals surface area (Å²) in [6, 6.07) is 14.1. The van der Waals surface area contributed by atoms with Gasteiger partial charge in [-0.15, -0.1) is 0 Å². The summed E-state index contributed by atoms with van der Waals surface area (Å²) < 4.78 is 0. The Labute approximate surface area is 141 Å². The highest BCUT2D eigenvalue weighted by Crippen LogP contribution is 2.22. The van der Waals surface area contributed by atoms with Crippen LogP contribution in [0.2, 0.25) is 0 Å². The van der Waals surface area contributed by atoms with Gasteiger partial charge in [0.15, 0.2) is 0 Å². The molecule has 0 radical (unpaired) electrons. The molecule has 24 heavy (non-hydrogen) atoms. The molecule has 0 saturated carbocycles. The van der Waals surface area contributed by atoms with Gasteiger partial charge >= 0.3 is 0 Å². The molecule has 0 aliphatic carbocycles. The molecule has 6 heteroatoms. The molecule has 1 aromatic heterocycles. The van der Waals surface area contributed by atoms with Crippen LogP contribution in [-0.2, 0) is 6.54 Å². The quantitative estimate of drug-likeness (QED) is 0.427. The number of benzene rings is 2. The minimum atomic E-state index is 0.508. The number of hydrogen-bond acceptors (Lipinski definition) is 5. The third kappa shape index (κ3) is 3.24. The van der Waals surface area contributed by atoms with Gasteiger partial charge in [-0.25, -0.2) is 5.84 Å². The monoisotopic (exact) mass is 322 g/mol. The molecule has 0 spiro atoms. The molecule has 0 bridgehead atoms. The van der Waals surface area contributed by atoms with E-state index in [2.05, 4.69) is 21.6 Å². The van der Waals surface area contributed by atoms with Crippen LogP contribution in [0.1, 0.15) is 16.8 Å². The molecule has 0 saturated heterocycles. The normalized spacial score (nSPS) is 11.9. The van der Waals surface area contributed by atoms with Gasteiger partial charge in [-0.1, -0.05) is 23.8 Å². The molecular formula is C18H22N6. The Morgan fingerprint density at radius 1 is 1.25 bits per heavy atom. The van der Waals surface area contributed by atoms with Gasteiger partial charge in [0, 0.05) is 18.1 Å². The molecule has 0 fully saturated rings. The topological polar surface area (TPSA) is 96.0 Å². The van der Waals surface area contributed by atoms with Crippen LogP contribution in [0.15, 0.2) is 48.7 Å². The lowest BCUT2D eigenvalue weighted by molar-refractivity contribution is 0.817. The predicted octanol–water partition coefficient (Wildman–Crippen LogP) is 2.23. The average Bonchev–Trinajstić information content (AvgIpc) is 2.98. The fourth-order valence-electron chi connectivity index (χ4n) is 2.62. The Morgan fingerprint density at radius 2 is 2.00 bits per heavy atom. The zero-order valence-corrected chi connectivity index (χ0v) is 13.9. The van der Waals surface area contributed by atoms with Crippen LogP contribution in [0.4, 0.5) is 5.69 Å². The van der Waals surface area contributed by atoms with E-state index in [-0.39, 0.29) is 0 Å². The summed E-state index contributed by atoms with van der Waals surface area (Å²) in [6.45, 7) is 2.86. The van der Waals surface area contributed by atoms with E-state index in [4.69, 9.17) is 11.6 Å². The van der Waals surface area contributed by atoms with Crippen LogP contribution in [0.3, 0.4) is 0 Å². The number of nitrogens with one attached hydrogen (secondary N) is 2. The van der Waals surface area contributed by atoms with E-state index in [0.29, 0.717) is 11.4 Å². The van der Waals surface area contributed by atoms with Crippen LogP contribution < -0.4 is 21.9 Å². The van der Waals surface area contributed by atoms with Crippen LogP contribution in [-0.4, -0.2) is 17.2 Å². The lowest BCUT2D eigenvalue weighted by atomic mass is 10.1. The molecule has 6 N–H and O–H groups in total. The lowest BCUT2D eigenvalue weighted by Gasteiger charge is -2.15. The number of nitrogens with zero attached hydrogens (tertiary/aromatic N) is 2. The van der Waals surface area contributed by atoms with Gasteiger partial charge in [-0.2, -0.15) is 5.10 Å². The van der Waals surface area contributed by atoms with E-state index in [1.54, 1.807) is 6.20 Å². The Morgan fingerprint density at radius 3 is 2.71 bits per heavy atom. The Kier molecular flexibility index (Phi) is 4.50. The van der Waals surface area contributed by atoms with Crippen molar-refractivity contribution in [2.75, 3.05) is 12.1 Å². The van der Waals surface area contributed by atoms with Crippen molar-refractivity contribution in [3.8, 4) is 0 Å². The molecule has 0 aliphatic heterocycles. The van der Waals surface area contributed by atoms with Crippen molar-refractivity contribution in [1.29, 1.82) is 0 Å². The molecule has 0 aliphatic rings. The molecule has 6 nitrogen and oxygen atoms in total. The molecule has 3 aromatic rings. The van der Waals surface area contributed by atoms with Crippen molar-refractivity contribution in [3.05, 3.63) is 65.5 Å². The number of fused-ring (bicyclic) bond motifs is 1. The number of anilines is 1. The first kappa shape index (κ1) is 16.0. The number of nitrogens with two attached hydrogens (primary N) is 2. The van der Waals surface area contributed by atoms with Crippen LogP contribution in [0.25, 0.3) is 16.6 Å². The lowest BCUT2D eigenvalue weighted by Crippen LogP contribution is -2.25. The molecule has 3 rings (SSSR count). The summed E-state index contributed by atoms with van der Waals surface area (Å²) in [4.78, 5) is 0. The molecule has 2 aromatic carbocycles. The van der Waals surface area contributed by atoms with Gasteiger partial charge < -0.3 is 11.1 Å². The average molecular weight is 322 g/mol. The maximum Gasteiger partial charge on any atom is 0.117 e. The van der Waals surface area contributed by atoms with Gasteiger partial charge in [-0.05, 0) is 43.8 Å². The molecule has 0 amide bonds. The number of hydrogen-bond donors (Lipinski definition) is 4. The fourth-order valence-corrected chi connectivity index (χ4v) is 2.62. The summed E-state index contributed by atoms with van der Waals surface area (Å²) in [5, 5.41) is 12.9. The highest BCUT2D eigenvalue weighted by Gasteiger charge is 2.09. The third-order valence-corrected chi connectivity index (χ3v) is 3.89. The van der Waals surface area contributed by atoms with Gasteiger partial charge in [0.25, 0.3) is 0 Å². The van der Waals surface area contributed by atoms with Crippen molar-refractivity contribution < 1.29 is 0 Å². The minimum Gasteiger partial charge on any atom is -0.396 e. The van der Waals surface area contributed by atoms with Gasteiger partial charge in [0.05, 0.1) is 16.9 Å². The van der Waals surface area contributed by atoms with Gasteiger partial charge in [0.2, 0.25) is 0 Å². The fraction of sp³-hybridized carbons (Fsp3) is 0.167. The first-order chi connectivity index (χ1) is 11.6. The summed E-state index contributed by atoms with van der Waals surface area (Å²) in [5.74, 6) is 6.12. The Balaban J connectivity index is 1.87. The van der Waals surface area contributed by atoms with Crippen molar-refractivity contribution in [2.24, 2.45) is 11.6 Å². The van der Waals surface area contributed by atoms with Gasteiger partial charge in [0.1, 0.15) is 5.69 Å². The van der Waals surface area contributed by atoms with Crippen LogP contribution in [0, 0.1) is 6.92 Å². The highest BCUT2D eigenvalue weighted by molar-refractivity contribution is 5.90. The third-order valence-electron chi connectivity index (χ3n) is 3.89.